The quantitative estimate of drug-likeness (QED) is 0.262. The van der Waals surface area contributed by atoms with Crippen molar-refractivity contribution < 1.29 is 0 Å². The van der Waals surface area contributed by atoms with Crippen molar-refractivity contribution >= 4 is 11.9 Å². The van der Waals surface area contributed by atoms with Crippen molar-refractivity contribution in [3.05, 3.63) is 105 Å². The fourth-order valence-electron chi connectivity index (χ4n) is 3.00. The molecule has 0 radical (unpaired) electrons. The van der Waals surface area contributed by atoms with Crippen molar-refractivity contribution in [3.8, 4) is 11.5 Å². The van der Waals surface area contributed by atoms with E-state index in [0.717, 1.165) is 9.13 Å². The van der Waals surface area contributed by atoms with E-state index in [0.29, 0.717) is 11.4 Å². The zero-order valence-corrected chi connectivity index (χ0v) is 16.3. The summed E-state index contributed by atoms with van der Waals surface area (Å²) in [4.78, 5) is 82.3. The molecule has 0 saturated carbocycles. The average Bonchev–Trinajstić information content (AvgIpc) is 3.06. The van der Waals surface area contributed by atoms with Crippen molar-refractivity contribution in [1.82, 2.24) is 33.6 Å². The number of aromatic nitrogens is 7. The summed E-state index contributed by atoms with van der Waals surface area (Å²) in [6.07, 6.45) is 1.47. The Morgan fingerprint density at radius 1 is 0.688 bits per heavy atom. The Morgan fingerprint density at radius 3 is 1.72 bits per heavy atom. The molecule has 32 heavy (non-hydrogen) atoms. The number of hydrogen-bond acceptors (Lipinski definition) is 7. The van der Waals surface area contributed by atoms with E-state index in [-0.39, 0.29) is 11.5 Å². The second-order valence-electron chi connectivity index (χ2n) is 6.50. The molecular formula is C18H14N8O6. The van der Waals surface area contributed by atoms with Gasteiger partial charge in [0.25, 0.3) is 0 Å². The molecule has 0 aliphatic heterocycles. The van der Waals surface area contributed by atoms with Gasteiger partial charge in [-0.05, 0) is 36.4 Å². The van der Waals surface area contributed by atoms with E-state index in [4.69, 9.17) is 0 Å². The van der Waals surface area contributed by atoms with Gasteiger partial charge in [-0.2, -0.15) is 4.57 Å². The highest BCUT2D eigenvalue weighted by molar-refractivity contribution is 5.81. The van der Waals surface area contributed by atoms with Crippen LogP contribution < -0.4 is 34.1 Å². The number of nitrogens with one attached hydrogen (secondary N) is 4. The standard InChI is InChI=1S/C18H14N8O6/c1-24-11(6-7-12(24)26-17(31)22-14(28)23-18(26)32)8-19-9-2-4-10(5-3-9)25-15(29)20-13(27)21-16(25)30/h2-8H,1H3,(H2,20,21,27,29,30)(H2,22,23,28,31,32)/b19-8+. The van der Waals surface area contributed by atoms with Crippen LogP contribution in [0.5, 0.6) is 0 Å². The zero-order chi connectivity index (χ0) is 23.0. The molecule has 0 bridgehead atoms. The molecule has 14 heteroatoms. The van der Waals surface area contributed by atoms with Gasteiger partial charge in [0, 0.05) is 7.05 Å². The predicted octanol–water partition coefficient (Wildman–Crippen LogP) is -2.17. The summed E-state index contributed by atoms with van der Waals surface area (Å²) in [7, 11) is 1.60. The van der Waals surface area contributed by atoms with E-state index in [2.05, 4.69) is 4.99 Å². The number of nitrogens with zero attached hydrogens (tertiary/aromatic N) is 4. The van der Waals surface area contributed by atoms with E-state index in [1.54, 1.807) is 25.2 Å². The highest BCUT2D eigenvalue weighted by atomic mass is 16.2. The molecule has 0 amide bonds. The molecule has 3 aromatic heterocycles. The molecule has 1 aromatic carbocycles. The summed E-state index contributed by atoms with van der Waals surface area (Å²) in [5.74, 6) is 0.209. The maximum Gasteiger partial charge on any atom is 0.339 e. The molecule has 0 spiro atoms. The van der Waals surface area contributed by atoms with Gasteiger partial charge in [-0.25, -0.2) is 33.3 Å². The number of aliphatic imine (C=N–C) groups is 1. The Hall–Kier alpha value is -5.01. The molecule has 0 unspecified atom stereocenters. The summed E-state index contributed by atoms with van der Waals surface area (Å²) in [5.41, 5.74) is -4.08. The first-order valence-electron chi connectivity index (χ1n) is 8.96. The third-order valence-corrected chi connectivity index (χ3v) is 4.51. The summed E-state index contributed by atoms with van der Waals surface area (Å²) >= 11 is 0. The first-order chi connectivity index (χ1) is 15.2. The van der Waals surface area contributed by atoms with Gasteiger partial charge in [0.05, 0.1) is 23.3 Å². The Labute approximate surface area is 174 Å². The van der Waals surface area contributed by atoms with Crippen LogP contribution >= 0.6 is 0 Å². The molecule has 3 heterocycles. The molecule has 4 rings (SSSR count). The van der Waals surface area contributed by atoms with Crippen molar-refractivity contribution in [2.75, 3.05) is 0 Å². The summed E-state index contributed by atoms with van der Waals surface area (Å²) < 4.78 is 3.05. The third-order valence-electron chi connectivity index (χ3n) is 4.51. The zero-order valence-electron chi connectivity index (χ0n) is 16.3. The van der Waals surface area contributed by atoms with Gasteiger partial charge < -0.3 is 4.57 Å². The maximum absolute atomic E-state index is 12.0. The molecule has 14 nitrogen and oxygen atoms in total. The molecule has 4 aromatic rings. The van der Waals surface area contributed by atoms with Crippen LogP contribution in [0.4, 0.5) is 5.69 Å². The lowest BCUT2D eigenvalue weighted by atomic mass is 10.3. The van der Waals surface area contributed by atoms with Crippen LogP contribution in [0.25, 0.3) is 11.5 Å². The number of hydrogen-bond donors (Lipinski definition) is 4. The minimum Gasteiger partial charge on any atom is -0.329 e. The van der Waals surface area contributed by atoms with Crippen LogP contribution in [0.3, 0.4) is 0 Å². The van der Waals surface area contributed by atoms with Crippen molar-refractivity contribution in [1.29, 1.82) is 0 Å². The van der Waals surface area contributed by atoms with Crippen molar-refractivity contribution in [2.24, 2.45) is 12.0 Å². The highest BCUT2D eigenvalue weighted by Gasteiger charge is 2.11. The van der Waals surface area contributed by atoms with E-state index >= 15 is 0 Å². The van der Waals surface area contributed by atoms with Crippen molar-refractivity contribution in [3.63, 3.8) is 0 Å². The van der Waals surface area contributed by atoms with Crippen LogP contribution in [-0.4, -0.2) is 39.9 Å². The van der Waals surface area contributed by atoms with Crippen LogP contribution in [0.2, 0.25) is 0 Å². The number of aromatic amines is 4. The lowest BCUT2D eigenvalue weighted by Gasteiger charge is -2.06. The van der Waals surface area contributed by atoms with Gasteiger partial charge in [0.15, 0.2) is 0 Å². The average molecular weight is 438 g/mol. The normalized spacial score (nSPS) is 11.3. The van der Waals surface area contributed by atoms with Gasteiger partial charge in [0.2, 0.25) is 0 Å². The van der Waals surface area contributed by atoms with Gasteiger partial charge in [-0.3, -0.25) is 24.9 Å². The summed E-state index contributed by atoms with van der Waals surface area (Å²) in [6.45, 7) is 0. The van der Waals surface area contributed by atoms with Crippen LogP contribution in [0.15, 0.2) is 70.2 Å². The molecule has 0 fully saturated rings. The molecule has 0 aliphatic carbocycles. The molecule has 0 aliphatic rings. The van der Waals surface area contributed by atoms with E-state index < -0.39 is 34.1 Å². The second-order valence-corrected chi connectivity index (χ2v) is 6.50. The lowest BCUT2D eigenvalue weighted by Crippen LogP contribution is -2.42. The van der Waals surface area contributed by atoms with Gasteiger partial charge >= 0.3 is 34.1 Å². The van der Waals surface area contributed by atoms with Gasteiger partial charge in [-0.15, -0.1) is 0 Å². The Kier molecular flexibility index (Phi) is 4.86. The summed E-state index contributed by atoms with van der Waals surface area (Å²) in [5, 5.41) is 0. The number of H-pyrrole nitrogens is 4. The molecular weight excluding hydrogens is 424 g/mol. The molecule has 4 N–H and O–H groups in total. The van der Waals surface area contributed by atoms with E-state index in [1.165, 1.54) is 29.0 Å². The predicted molar refractivity (Wildman–Crippen MR) is 113 cm³/mol. The Balaban J connectivity index is 1.65. The number of rotatable bonds is 4. The smallest absolute Gasteiger partial charge is 0.329 e. The van der Waals surface area contributed by atoms with Gasteiger partial charge in [-0.1, -0.05) is 0 Å². The second kappa shape index (κ2) is 7.67. The minimum atomic E-state index is -0.901. The molecule has 0 atom stereocenters. The van der Waals surface area contributed by atoms with Crippen LogP contribution in [0.1, 0.15) is 5.69 Å². The summed E-state index contributed by atoms with van der Waals surface area (Å²) in [6, 6.07) is 9.15. The van der Waals surface area contributed by atoms with Gasteiger partial charge in [0.1, 0.15) is 5.82 Å². The Bertz CT molecular complexity index is 1640. The SMILES string of the molecule is Cn1c(/C=N/c2ccc(-n3c(=O)[nH]c(=O)[nH]c3=O)cc2)ccc1-n1c(=O)[nH]c(=O)[nH]c1=O. The first kappa shape index (κ1) is 20.3. The largest absolute Gasteiger partial charge is 0.339 e. The van der Waals surface area contributed by atoms with E-state index in [1.807, 2.05) is 19.9 Å². The maximum atomic E-state index is 12.0. The molecule has 162 valence electrons. The first-order valence-corrected chi connectivity index (χ1v) is 8.96. The fourth-order valence-corrected chi connectivity index (χ4v) is 3.00. The third kappa shape index (κ3) is 3.62. The minimum absolute atomic E-state index is 0.209. The topological polar surface area (TPSA) is 193 Å². The molecule has 0 saturated heterocycles. The Morgan fingerprint density at radius 2 is 1.19 bits per heavy atom. The fraction of sp³-hybridized carbons (Fsp3) is 0.0556. The lowest BCUT2D eigenvalue weighted by molar-refractivity contribution is 0.729. The monoisotopic (exact) mass is 438 g/mol. The number of benzene rings is 1. The van der Waals surface area contributed by atoms with Crippen LogP contribution in [0, 0.1) is 0 Å². The van der Waals surface area contributed by atoms with Crippen LogP contribution in [-0.2, 0) is 7.05 Å². The van der Waals surface area contributed by atoms with Crippen molar-refractivity contribution in [2.45, 2.75) is 0 Å². The highest BCUT2D eigenvalue weighted by Crippen LogP contribution is 2.15. The van der Waals surface area contributed by atoms with E-state index in [9.17, 15) is 28.8 Å².